The van der Waals surface area contributed by atoms with Crippen molar-refractivity contribution < 1.29 is 4.74 Å². The minimum Gasteiger partial charge on any atom is -0.494 e. The van der Waals surface area contributed by atoms with Crippen LogP contribution in [0.2, 0.25) is 0 Å². The molecule has 2 rings (SSSR count). The minimum absolute atomic E-state index is 0. The smallest absolute Gasteiger partial charge is 0.191 e. The first kappa shape index (κ1) is 23.2. The van der Waals surface area contributed by atoms with Gasteiger partial charge in [0.05, 0.1) is 6.61 Å². The molecule has 0 aliphatic rings. The average Bonchev–Trinajstić information content (AvgIpc) is 2.67. The minimum atomic E-state index is 0. The molecule has 2 N–H and O–H groups in total. The summed E-state index contributed by atoms with van der Waals surface area (Å²) in [6.07, 6.45) is 1.03. The first-order chi connectivity index (χ1) is 12.7. The molecule has 0 aromatic heterocycles. The van der Waals surface area contributed by atoms with Gasteiger partial charge in [-0.2, -0.15) is 0 Å². The standard InChI is InChI=1S/C21H30N4O.HI/c1-22-21(23-16-18-8-5-4-6-9-18)24-17-19-10-12-20(13-11-19)26-15-7-14-25(2)3;/h4-6,8-13H,7,14-17H2,1-3H3,(H2,22,23,24);1H. The summed E-state index contributed by atoms with van der Waals surface area (Å²) in [7, 11) is 5.93. The van der Waals surface area contributed by atoms with Crippen molar-refractivity contribution in [1.82, 2.24) is 15.5 Å². The van der Waals surface area contributed by atoms with Crippen molar-refractivity contribution in [1.29, 1.82) is 0 Å². The van der Waals surface area contributed by atoms with Gasteiger partial charge in [-0.05, 0) is 43.8 Å². The number of benzene rings is 2. The maximum atomic E-state index is 5.76. The largest absolute Gasteiger partial charge is 0.494 e. The summed E-state index contributed by atoms with van der Waals surface area (Å²) in [6, 6.07) is 18.5. The number of nitrogens with one attached hydrogen (secondary N) is 2. The predicted molar refractivity (Wildman–Crippen MR) is 124 cm³/mol. The zero-order valence-corrected chi connectivity index (χ0v) is 18.8. The van der Waals surface area contributed by atoms with Gasteiger partial charge < -0.3 is 20.3 Å². The number of guanidine groups is 1. The van der Waals surface area contributed by atoms with Gasteiger partial charge in [-0.3, -0.25) is 4.99 Å². The van der Waals surface area contributed by atoms with Gasteiger partial charge in [-0.25, -0.2) is 0 Å². The molecular weight excluding hydrogens is 451 g/mol. The van der Waals surface area contributed by atoms with Crippen molar-refractivity contribution in [3.63, 3.8) is 0 Å². The highest BCUT2D eigenvalue weighted by Crippen LogP contribution is 2.12. The van der Waals surface area contributed by atoms with E-state index in [0.717, 1.165) is 44.4 Å². The van der Waals surface area contributed by atoms with Gasteiger partial charge in [0, 0.05) is 26.7 Å². The third-order valence-electron chi connectivity index (χ3n) is 3.93. The van der Waals surface area contributed by atoms with Crippen LogP contribution in [0, 0.1) is 0 Å². The molecule has 0 aliphatic carbocycles. The van der Waals surface area contributed by atoms with E-state index in [0.29, 0.717) is 0 Å². The fourth-order valence-electron chi connectivity index (χ4n) is 2.46. The van der Waals surface area contributed by atoms with Crippen LogP contribution >= 0.6 is 24.0 Å². The van der Waals surface area contributed by atoms with Gasteiger partial charge in [0.25, 0.3) is 0 Å². The second-order valence-electron chi connectivity index (χ2n) is 6.41. The Morgan fingerprint density at radius 1 is 0.926 bits per heavy atom. The van der Waals surface area contributed by atoms with Crippen molar-refractivity contribution in [3.05, 3.63) is 65.7 Å². The number of rotatable bonds is 9. The molecule has 0 saturated carbocycles. The van der Waals surface area contributed by atoms with Crippen LogP contribution in [0.5, 0.6) is 5.75 Å². The van der Waals surface area contributed by atoms with E-state index in [1.54, 1.807) is 7.05 Å². The van der Waals surface area contributed by atoms with Crippen molar-refractivity contribution in [3.8, 4) is 5.75 Å². The van der Waals surface area contributed by atoms with Crippen LogP contribution < -0.4 is 15.4 Å². The summed E-state index contributed by atoms with van der Waals surface area (Å²) in [5.74, 6) is 1.71. The summed E-state index contributed by atoms with van der Waals surface area (Å²) in [6.45, 7) is 3.25. The summed E-state index contributed by atoms with van der Waals surface area (Å²) in [5, 5.41) is 6.65. The van der Waals surface area contributed by atoms with E-state index < -0.39 is 0 Å². The molecule has 0 radical (unpaired) electrons. The molecule has 0 heterocycles. The number of halogens is 1. The highest BCUT2D eigenvalue weighted by Gasteiger charge is 2.00. The maximum absolute atomic E-state index is 5.76. The van der Waals surface area contributed by atoms with Crippen LogP contribution in [-0.4, -0.2) is 45.2 Å². The number of hydrogen-bond acceptors (Lipinski definition) is 3. The van der Waals surface area contributed by atoms with E-state index >= 15 is 0 Å². The van der Waals surface area contributed by atoms with Gasteiger partial charge >= 0.3 is 0 Å². The Hall–Kier alpha value is -1.80. The van der Waals surface area contributed by atoms with Crippen molar-refractivity contribution in [2.24, 2.45) is 4.99 Å². The summed E-state index contributed by atoms with van der Waals surface area (Å²) < 4.78 is 5.76. The zero-order chi connectivity index (χ0) is 18.6. The molecule has 0 amide bonds. The second-order valence-corrected chi connectivity index (χ2v) is 6.41. The number of aliphatic imine (C=N–C) groups is 1. The van der Waals surface area contributed by atoms with Gasteiger partial charge in [-0.1, -0.05) is 42.5 Å². The summed E-state index contributed by atoms with van der Waals surface area (Å²) in [4.78, 5) is 6.43. The average molecular weight is 482 g/mol. The fraction of sp³-hybridized carbons (Fsp3) is 0.381. The molecule has 0 bridgehead atoms. The van der Waals surface area contributed by atoms with Gasteiger partial charge in [0.15, 0.2) is 5.96 Å². The maximum Gasteiger partial charge on any atom is 0.191 e. The molecule has 148 valence electrons. The molecule has 5 nitrogen and oxygen atoms in total. The molecule has 0 atom stereocenters. The molecule has 0 saturated heterocycles. The topological polar surface area (TPSA) is 48.9 Å². The normalized spacial score (nSPS) is 11.0. The Labute approximate surface area is 180 Å². The van der Waals surface area contributed by atoms with E-state index in [1.807, 2.05) is 30.3 Å². The van der Waals surface area contributed by atoms with E-state index in [1.165, 1.54) is 11.1 Å². The lowest BCUT2D eigenvalue weighted by Gasteiger charge is -2.13. The molecule has 0 fully saturated rings. The van der Waals surface area contributed by atoms with Crippen molar-refractivity contribution in [2.75, 3.05) is 34.3 Å². The molecule has 27 heavy (non-hydrogen) atoms. The molecule has 6 heteroatoms. The van der Waals surface area contributed by atoms with Gasteiger partial charge in [-0.15, -0.1) is 24.0 Å². The molecular formula is C21H31IN4O. The van der Waals surface area contributed by atoms with Crippen molar-refractivity contribution in [2.45, 2.75) is 19.5 Å². The fourth-order valence-corrected chi connectivity index (χ4v) is 2.46. The molecule has 2 aromatic rings. The molecule has 0 aliphatic heterocycles. The molecule has 0 spiro atoms. The van der Waals surface area contributed by atoms with Crippen LogP contribution in [0.3, 0.4) is 0 Å². The number of nitrogens with zero attached hydrogens (tertiary/aromatic N) is 2. The second kappa shape index (κ2) is 13.4. The number of ether oxygens (including phenoxy) is 1. The van der Waals surface area contributed by atoms with Gasteiger partial charge in [0.1, 0.15) is 5.75 Å². The van der Waals surface area contributed by atoms with E-state index in [4.69, 9.17) is 4.74 Å². The van der Waals surface area contributed by atoms with Gasteiger partial charge in [0.2, 0.25) is 0 Å². The lowest BCUT2D eigenvalue weighted by molar-refractivity contribution is 0.281. The summed E-state index contributed by atoms with van der Waals surface area (Å²) >= 11 is 0. The Balaban J connectivity index is 0.00000364. The first-order valence-corrected chi connectivity index (χ1v) is 9.02. The van der Waals surface area contributed by atoms with E-state index in [9.17, 15) is 0 Å². The van der Waals surface area contributed by atoms with Crippen molar-refractivity contribution >= 4 is 29.9 Å². The highest BCUT2D eigenvalue weighted by atomic mass is 127. The molecule has 0 unspecified atom stereocenters. The summed E-state index contributed by atoms with van der Waals surface area (Å²) in [5.41, 5.74) is 2.42. The molecule has 2 aromatic carbocycles. The predicted octanol–water partition coefficient (Wildman–Crippen LogP) is 3.50. The van der Waals surface area contributed by atoms with Crippen LogP contribution in [0.1, 0.15) is 17.5 Å². The SMILES string of the molecule is CN=C(NCc1ccccc1)NCc1ccc(OCCCN(C)C)cc1.I. The number of hydrogen-bond donors (Lipinski definition) is 2. The quantitative estimate of drug-likeness (QED) is 0.249. The van der Waals surface area contributed by atoms with Crippen LogP contribution in [0.15, 0.2) is 59.6 Å². The van der Waals surface area contributed by atoms with E-state index in [-0.39, 0.29) is 24.0 Å². The van der Waals surface area contributed by atoms with Crippen LogP contribution in [0.4, 0.5) is 0 Å². The third kappa shape index (κ3) is 9.63. The lowest BCUT2D eigenvalue weighted by atomic mass is 10.2. The Morgan fingerprint density at radius 3 is 2.07 bits per heavy atom. The van der Waals surface area contributed by atoms with Crippen LogP contribution in [-0.2, 0) is 13.1 Å². The van der Waals surface area contributed by atoms with Crippen LogP contribution in [0.25, 0.3) is 0 Å². The lowest BCUT2D eigenvalue weighted by Crippen LogP contribution is -2.36. The Bertz CT molecular complexity index is 660. The zero-order valence-electron chi connectivity index (χ0n) is 16.4. The van der Waals surface area contributed by atoms with E-state index in [2.05, 4.69) is 58.9 Å². The third-order valence-corrected chi connectivity index (χ3v) is 3.93. The monoisotopic (exact) mass is 482 g/mol. The Morgan fingerprint density at radius 2 is 1.52 bits per heavy atom. The Kier molecular flexibility index (Phi) is 11.5. The first-order valence-electron chi connectivity index (χ1n) is 9.02. The highest BCUT2D eigenvalue weighted by molar-refractivity contribution is 14.0.